The fourth-order valence-corrected chi connectivity index (χ4v) is 3.53. The molecule has 3 nitrogen and oxygen atoms in total. The number of benzene rings is 1. The monoisotopic (exact) mass is 402 g/mol. The van der Waals surface area contributed by atoms with Gasteiger partial charge in [-0.2, -0.15) is 0 Å². The molecule has 20 heavy (non-hydrogen) atoms. The van der Waals surface area contributed by atoms with Crippen LogP contribution in [0, 0.1) is 6.92 Å². The molecule has 1 aromatic rings. The molecule has 0 saturated carbocycles. The molecule has 1 amide bonds. The molecule has 0 aliphatic carbocycles. The molecule has 0 bridgehead atoms. The lowest BCUT2D eigenvalue weighted by molar-refractivity contribution is 0.0761. The van der Waals surface area contributed by atoms with E-state index in [0.717, 1.165) is 60.1 Å². The molecule has 0 atom stereocenters. The van der Waals surface area contributed by atoms with E-state index in [2.05, 4.69) is 36.8 Å². The Hall–Kier alpha value is -0.390. The van der Waals surface area contributed by atoms with E-state index >= 15 is 0 Å². The summed E-state index contributed by atoms with van der Waals surface area (Å²) in [5, 5.41) is 0.993. The highest BCUT2D eigenvalue weighted by atomic mass is 79.9. The predicted octanol–water partition coefficient (Wildman–Crippen LogP) is 3.30. The molecule has 0 radical (unpaired) electrons. The second-order valence-electron chi connectivity index (χ2n) is 5.14. The summed E-state index contributed by atoms with van der Waals surface area (Å²) < 4.78 is 1.02. The Morgan fingerprint density at radius 3 is 2.75 bits per heavy atom. The Morgan fingerprint density at radius 1 is 1.25 bits per heavy atom. The molecular weight excluding hydrogens is 384 g/mol. The molecule has 1 heterocycles. The zero-order valence-corrected chi connectivity index (χ0v) is 14.9. The van der Waals surface area contributed by atoms with Gasteiger partial charge in [-0.05, 0) is 43.7 Å². The Bertz CT molecular complexity index is 479. The molecule has 5 heteroatoms. The minimum atomic E-state index is 0.163. The van der Waals surface area contributed by atoms with Gasteiger partial charge in [0.2, 0.25) is 0 Å². The van der Waals surface area contributed by atoms with Crippen molar-refractivity contribution in [1.82, 2.24) is 9.80 Å². The van der Waals surface area contributed by atoms with Crippen LogP contribution in [0.2, 0.25) is 0 Å². The van der Waals surface area contributed by atoms with E-state index in [0.29, 0.717) is 0 Å². The largest absolute Gasteiger partial charge is 0.337 e. The first-order valence-corrected chi connectivity index (χ1v) is 8.87. The molecule has 0 N–H and O–H groups in total. The van der Waals surface area contributed by atoms with Gasteiger partial charge in [0.25, 0.3) is 5.91 Å². The van der Waals surface area contributed by atoms with Crippen LogP contribution in [-0.2, 0) is 0 Å². The van der Waals surface area contributed by atoms with Crippen LogP contribution in [0.4, 0.5) is 0 Å². The van der Waals surface area contributed by atoms with Crippen molar-refractivity contribution in [3.05, 3.63) is 33.8 Å². The molecule has 1 saturated heterocycles. The first kappa shape index (κ1) is 16.0. The van der Waals surface area contributed by atoms with Gasteiger partial charge in [-0.1, -0.05) is 31.9 Å². The summed E-state index contributed by atoms with van der Waals surface area (Å²) in [4.78, 5) is 17.0. The van der Waals surface area contributed by atoms with Gasteiger partial charge in [0.1, 0.15) is 0 Å². The fourth-order valence-electron chi connectivity index (χ4n) is 2.55. The van der Waals surface area contributed by atoms with Gasteiger partial charge < -0.3 is 9.80 Å². The Balaban J connectivity index is 2.05. The summed E-state index contributed by atoms with van der Waals surface area (Å²) >= 11 is 6.92. The number of amides is 1. The quantitative estimate of drug-likeness (QED) is 0.723. The second kappa shape index (κ2) is 7.57. The van der Waals surface area contributed by atoms with E-state index in [1.165, 1.54) is 0 Å². The summed E-state index contributed by atoms with van der Waals surface area (Å²) in [6.45, 7) is 6.77. The molecule has 1 fully saturated rings. The Morgan fingerprint density at radius 2 is 2.05 bits per heavy atom. The van der Waals surface area contributed by atoms with Gasteiger partial charge in [0, 0.05) is 41.5 Å². The van der Waals surface area contributed by atoms with Gasteiger partial charge in [0.05, 0.1) is 0 Å². The topological polar surface area (TPSA) is 23.6 Å². The van der Waals surface area contributed by atoms with Crippen molar-refractivity contribution >= 4 is 37.8 Å². The second-order valence-corrected chi connectivity index (χ2v) is 6.84. The third kappa shape index (κ3) is 4.06. The first-order valence-electron chi connectivity index (χ1n) is 6.95. The summed E-state index contributed by atoms with van der Waals surface area (Å²) in [7, 11) is 0. The van der Waals surface area contributed by atoms with E-state index in [1.807, 2.05) is 30.0 Å². The van der Waals surface area contributed by atoms with Gasteiger partial charge in [-0.15, -0.1) is 0 Å². The number of aryl methyl sites for hydroxylation is 1. The number of nitrogens with zero attached hydrogens (tertiary/aromatic N) is 2. The highest BCUT2D eigenvalue weighted by Crippen LogP contribution is 2.18. The highest BCUT2D eigenvalue weighted by Gasteiger charge is 2.21. The highest BCUT2D eigenvalue weighted by molar-refractivity contribution is 9.10. The van der Waals surface area contributed by atoms with Gasteiger partial charge >= 0.3 is 0 Å². The zero-order valence-electron chi connectivity index (χ0n) is 11.7. The van der Waals surface area contributed by atoms with Crippen molar-refractivity contribution in [2.24, 2.45) is 0 Å². The number of carbonyl (C=O) groups is 1. The van der Waals surface area contributed by atoms with Crippen LogP contribution in [0.3, 0.4) is 0 Å². The number of alkyl halides is 1. The van der Waals surface area contributed by atoms with Crippen LogP contribution in [0.1, 0.15) is 22.3 Å². The maximum Gasteiger partial charge on any atom is 0.254 e. The average Bonchev–Trinajstić information content (AvgIpc) is 2.64. The summed E-state index contributed by atoms with van der Waals surface area (Å²) in [5.41, 5.74) is 1.85. The van der Waals surface area contributed by atoms with Crippen LogP contribution < -0.4 is 0 Å². The maximum absolute atomic E-state index is 12.6. The van der Waals surface area contributed by atoms with Crippen molar-refractivity contribution in [2.45, 2.75) is 13.3 Å². The number of rotatable bonds is 3. The van der Waals surface area contributed by atoms with Crippen LogP contribution in [-0.4, -0.2) is 53.8 Å². The van der Waals surface area contributed by atoms with E-state index in [4.69, 9.17) is 0 Å². The lowest BCUT2D eigenvalue weighted by Gasteiger charge is -2.22. The van der Waals surface area contributed by atoms with Crippen molar-refractivity contribution in [3.8, 4) is 0 Å². The summed E-state index contributed by atoms with van der Waals surface area (Å²) in [5.74, 6) is 0.163. The third-order valence-electron chi connectivity index (χ3n) is 3.70. The minimum Gasteiger partial charge on any atom is -0.337 e. The molecule has 1 aliphatic rings. The molecular formula is C15H20Br2N2O. The van der Waals surface area contributed by atoms with E-state index < -0.39 is 0 Å². The summed E-state index contributed by atoms with van der Waals surface area (Å²) in [6, 6.07) is 5.86. The number of hydrogen-bond donors (Lipinski definition) is 0. The normalized spacial score (nSPS) is 17.1. The van der Waals surface area contributed by atoms with Crippen molar-refractivity contribution in [3.63, 3.8) is 0 Å². The predicted molar refractivity (Wildman–Crippen MR) is 89.6 cm³/mol. The SMILES string of the molecule is Cc1cc(Br)ccc1C(=O)N1CCCN(CCBr)CC1. The van der Waals surface area contributed by atoms with E-state index in [-0.39, 0.29) is 5.91 Å². The molecule has 2 rings (SSSR count). The lowest BCUT2D eigenvalue weighted by atomic mass is 10.1. The lowest BCUT2D eigenvalue weighted by Crippen LogP contribution is -2.35. The zero-order chi connectivity index (χ0) is 14.5. The average molecular weight is 404 g/mol. The minimum absolute atomic E-state index is 0.163. The smallest absolute Gasteiger partial charge is 0.254 e. The number of halogens is 2. The first-order chi connectivity index (χ1) is 9.61. The van der Waals surface area contributed by atoms with Gasteiger partial charge in [-0.25, -0.2) is 0 Å². The molecule has 1 aromatic carbocycles. The van der Waals surface area contributed by atoms with Crippen LogP contribution in [0.5, 0.6) is 0 Å². The van der Waals surface area contributed by atoms with Crippen LogP contribution in [0.25, 0.3) is 0 Å². The van der Waals surface area contributed by atoms with Crippen molar-refractivity contribution in [1.29, 1.82) is 0 Å². The van der Waals surface area contributed by atoms with Crippen LogP contribution >= 0.6 is 31.9 Å². The van der Waals surface area contributed by atoms with Crippen molar-refractivity contribution in [2.75, 3.05) is 38.1 Å². The number of carbonyl (C=O) groups excluding carboxylic acids is 1. The molecule has 0 spiro atoms. The third-order valence-corrected chi connectivity index (χ3v) is 4.54. The Labute approximate surface area is 137 Å². The molecule has 0 unspecified atom stereocenters. The molecule has 1 aliphatic heterocycles. The van der Waals surface area contributed by atoms with Crippen LogP contribution in [0.15, 0.2) is 22.7 Å². The van der Waals surface area contributed by atoms with Gasteiger partial charge in [0.15, 0.2) is 0 Å². The maximum atomic E-state index is 12.6. The van der Waals surface area contributed by atoms with E-state index in [1.54, 1.807) is 0 Å². The number of hydrogen-bond acceptors (Lipinski definition) is 2. The Kier molecular flexibility index (Phi) is 6.05. The summed E-state index contributed by atoms with van der Waals surface area (Å²) in [6.07, 6.45) is 1.05. The van der Waals surface area contributed by atoms with E-state index in [9.17, 15) is 4.79 Å². The molecule has 110 valence electrons. The van der Waals surface area contributed by atoms with Crippen molar-refractivity contribution < 1.29 is 4.79 Å². The standard InChI is InChI=1S/C15H20Br2N2O/c1-12-11-13(17)3-4-14(12)15(20)19-7-2-6-18(8-5-16)9-10-19/h3-4,11H,2,5-10H2,1H3. The van der Waals surface area contributed by atoms with Gasteiger partial charge in [-0.3, -0.25) is 4.79 Å². The fraction of sp³-hybridized carbons (Fsp3) is 0.533. The molecule has 0 aromatic heterocycles.